The van der Waals surface area contributed by atoms with Crippen LogP contribution >= 0.6 is 0 Å². The number of hydrogen-bond acceptors (Lipinski definition) is 5. The van der Waals surface area contributed by atoms with Crippen LogP contribution in [0.5, 0.6) is 0 Å². The summed E-state index contributed by atoms with van der Waals surface area (Å²) in [6.45, 7) is 1.53. The molecule has 0 unspecified atom stereocenters. The van der Waals surface area contributed by atoms with Crippen LogP contribution in [0, 0.1) is 17.0 Å². The number of amides is 1. The number of anilines is 1. The van der Waals surface area contributed by atoms with E-state index >= 15 is 0 Å². The van der Waals surface area contributed by atoms with Gasteiger partial charge in [-0.2, -0.15) is 0 Å². The van der Waals surface area contributed by atoms with Gasteiger partial charge in [-0.25, -0.2) is 4.79 Å². The van der Waals surface area contributed by atoms with E-state index in [1.54, 1.807) is 12.1 Å². The molecule has 7 heteroatoms. The Morgan fingerprint density at radius 2 is 1.76 bits per heavy atom. The molecule has 2 aromatic carbocycles. The van der Waals surface area contributed by atoms with Crippen LogP contribution in [0.4, 0.5) is 11.4 Å². The van der Waals surface area contributed by atoms with Crippen LogP contribution < -0.4 is 5.32 Å². The van der Waals surface area contributed by atoms with E-state index < -0.39 is 23.4 Å². The summed E-state index contributed by atoms with van der Waals surface area (Å²) in [5.41, 5.74) is 2.26. The predicted molar refractivity (Wildman–Crippen MR) is 92.9 cm³/mol. The number of nitrogens with zero attached hydrogens (tertiary/aromatic N) is 1. The fourth-order valence-electron chi connectivity index (χ4n) is 1.89. The van der Waals surface area contributed by atoms with E-state index in [1.807, 2.05) is 19.1 Å². The van der Waals surface area contributed by atoms with Gasteiger partial charge in [0.1, 0.15) is 0 Å². The van der Waals surface area contributed by atoms with E-state index in [2.05, 4.69) is 5.32 Å². The third-order valence-corrected chi connectivity index (χ3v) is 3.20. The smallest absolute Gasteiger partial charge is 0.331 e. The van der Waals surface area contributed by atoms with Crippen molar-refractivity contribution in [3.8, 4) is 0 Å². The van der Waals surface area contributed by atoms with Crippen LogP contribution in [0.1, 0.15) is 11.1 Å². The van der Waals surface area contributed by atoms with Crippen molar-refractivity contribution in [1.29, 1.82) is 0 Å². The number of nitro groups is 1. The van der Waals surface area contributed by atoms with E-state index in [-0.39, 0.29) is 5.69 Å². The number of aryl methyl sites for hydroxylation is 1. The molecule has 2 aromatic rings. The highest BCUT2D eigenvalue weighted by molar-refractivity contribution is 5.94. The highest BCUT2D eigenvalue weighted by Gasteiger charge is 2.06. The van der Waals surface area contributed by atoms with Crippen molar-refractivity contribution in [1.82, 2.24) is 0 Å². The van der Waals surface area contributed by atoms with E-state index in [1.165, 1.54) is 30.3 Å². The Hall–Kier alpha value is -3.48. The molecular formula is C18H16N2O5. The van der Waals surface area contributed by atoms with Gasteiger partial charge < -0.3 is 10.1 Å². The molecule has 1 N–H and O–H groups in total. The van der Waals surface area contributed by atoms with E-state index in [0.29, 0.717) is 11.3 Å². The molecule has 0 saturated heterocycles. The van der Waals surface area contributed by atoms with Gasteiger partial charge in [-0.05, 0) is 42.8 Å². The highest BCUT2D eigenvalue weighted by Crippen LogP contribution is 2.13. The maximum atomic E-state index is 11.7. The Morgan fingerprint density at radius 1 is 1.12 bits per heavy atom. The van der Waals surface area contributed by atoms with Crippen molar-refractivity contribution in [2.75, 3.05) is 11.9 Å². The normalized spacial score (nSPS) is 10.4. The Kier molecular flexibility index (Phi) is 6.00. The minimum absolute atomic E-state index is 0.0347. The van der Waals surface area contributed by atoms with Gasteiger partial charge in [0.15, 0.2) is 6.61 Å². The molecule has 0 bridgehead atoms. The third kappa shape index (κ3) is 5.91. The lowest BCUT2D eigenvalue weighted by molar-refractivity contribution is -0.384. The van der Waals surface area contributed by atoms with Crippen LogP contribution in [-0.4, -0.2) is 23.4 Å². The Balaban J connectivity index is 1.80. The zero-order chi connectivity index (χ0) is 18.2. The Morgan fingerprint density at radius 3 is 2.36 bits per heavy atom. The minimum Gasteiger partial charge on any atom is -0.452 e. The summed E-state index contributed by atoms with van der Waals surface area (Å²) in [6, 6.07) is 12.9. The maximum absolute atomic E-state index is 11.7. The summed E-state index contributed by atoms with van der Waals surface area (Å²) in [6.07, 6.45) is 2.60. The summed E-state index contributed by atoms with van der Waals surface area (Å²) in [7, 11) is 0. The summed E-state index contributed by atoms with van der Waals surface area (Å²) < 4.78 is 4.84. The quantitative estimate of drug-likeness (QED) is 0.377. The average Bonchev–Trinajstić information content (AvgIpc) is 2.60. The molecule has 0 aliphatic carbocycles. The van der Waals surface area contributed by atoms with Crippen molar-refractivity contribution in [3.63, 3.8) is 0 Å². The van der Waals surface area contributed by atoms with Gasteiger partial charge in [0, 0.05) is 23.9 Å². The first-order valence-electron chi connectivity index (χ1n) is 7.40. The zero-order valence-electron chi connectivity index (χ0n) is 13.5. The molecule has 0 aliphatic heterocycles. The van der Waals surface area contributed by atoms with Crippen molar-refractivity contribution in [2.45, 2.75) is 6.92 Å². The molecule has 0 heterocycles. The molecule has 1 amide bonds. The van der Waals surface area contributed by atoms with E-state index in [0.717, 1.165) is 11.6 Å². The molecule has 0 aliphatic rings. The van der Waals surface area contributed by atoms with Crippen LogP contribution in [0.2, 0.25) is 0 Å². The van der Waals surface area contributed by atoms with Crippen LogP contribution in [-0.2, 0) is 14.3 Å². The number of hydrogen-bond donors (Lipinski definition) is 1. The highest BCUT2D eigenvalue weighted by atomic mass is 16.6. The number of benzene rings is 2. The van der Waals surface area contributed by atoms with Gasteiger partial charge in [0.25, 0.3) is 11.6 Å². The molecule has 0 aromatic heterocycles. The Bertz CT molecular complexity index is 795. The minimum atomic E-state index is -0.683. The lowest BCUT2D eigenvalue weighted by atomic mass is 10.2. The number of rotatable bonds is 6. The van der Waals surface area contributed by atoms with Crippen molar-refractivity contribution >= 4 is 29.3 Å². The standard InChI is InChI=1S/C18H16N2O5/c1-13-2-7-15(8-3-13)19-17(21)12-25-18(22)11-6-14-4-9-16(10-5-14)20(23)24/h2-11H,12H2,1H3,(H,19,21). The lowest BCUT2D eigenvalue weighted by Gasteiger charge is -2.05. The predicted octanol–water partition coefficient (Wildman–Crippen LogP) is 3.10. The summed E-state index contributed by atoms with van der Waals surface area (Å²) in [4.78, 5) is 33.3. The van der Waals surface area contributed by atoms with Gasteiger partial charge in [-0.1, -0.05) is 17.7 Å². The number of ether oxygens (including phenoxy) is 1. The fourth-order valence-corrected chi connectivity index (χ4v) is 1.89. The molecule has 2 rings (SSSR count). The van der Waals surface area contributed by atoms with Crippen molar-refractivity contribution in [3.05, 3.63) is 75.8 Å². The molecule has 0 spiro atoms. The lowest BCUT2D eigenvalue weighted by Crippen LogP contribution is -2.20. The average molecular weight is 340 g/mol. The third-order valence-electron chi connectivity index (χ3n) is 3.20. The van der Waals surface area contributed by atoms with Gasteiger partial charge >= 0.3 is 5.97 Å². The Labute approximate surface area is 144 Å². The summed E-state index contributed by atoms with van der Waals surface area (Å²) in [5, 5.41) is 13.2. The molecule has 25 heavy (non-hydrogen) atoms. The van der Waals surface area contributed by atoms with Crippen molar-refractivity contribution in [2.24, 2.45) is 0 Å². The number of carbonyl (C=O) groups excluding carboxylic acids is 2. The molecule has 0 saturated carbocycles. The topological polar surface area (TPSA) is 98.5 Å². The van der Waals surface area contributed by atoms with E-state index in [4.69, 9.17) is 4.74 Å². The number of esters is 1. The molecule has 0 radical (unpaired) electrons. The van der Waals surface area contributed by atoms with Crippen LogP contribution in [0.3, 0.4) is 0 Å². The number of carbonyl (C=O) groups is 2. The number of nitro benzene ring substituents is 1. The van der Waals surface area contributed by atoms with E-state index in [9.17, 15) is 19.7 Å². The monoisotopic (exact) mass is 340 g/mol. The zero-order valence-corrected chi connectivity index (χ0v) is 13.5. The largest absolute Gasteiger partial charge is 0.452 e. The number of non-ortho nitro benzene ring substituents is 1. The first-order valence-corrected chi connectivity index (χ1v) is 7.40. The van der Waals surface area contributed by atoms with Crippen molar-refractivity contribution < 1.29 is 19.2 Å². The van der Waals surface area contributed by atoms with Gasteiger partial charge in [-0.3, -0.25) is 14.9 Å². The second-order valence-corrected chi connectivity index (χ2v) is 5.20. The second-order valence-electron chi connectivity index (χ2n) is 5.20. The molecule has 7 nitrogen and oxygen atoms in total. The first-order chi connectivity index (χ1) is 11.9. The first kappa shape index (κ1) is 17.9. The summed E-state index contributed by atoms with van der Waals surface area (Å²) >= 11 is 0. The molecule has 0 atom stereocenters. The maximum Gasteiger partial charge on any atom is 0.331 e. The van der Waals surface area contributed by atoms with Crippen LogP contribution in [0.25, 0.3) is 6.08 Å². The molecular weight excluding hydrogens is 324 g/mol. The summed E-state index contributed by atoms with van der Waals surface area (Å²) in [5.74, 6) is -1.13. The SMILES string of the molecule is Cc1ccc(NC(=O)COC(=O)C=Cc2ccc([N+](=O)[O-])cc2)cc1. The fraction of sp³-hybridized carbons (Fsp3) is 0.111. The van der Waals surface area contributed by atoms with Gasteiger partial charge in [0.2, 0.25) is 0 Å². The molecule has 128 valence electrons. The van der Waals surface area contributed by atoms with Gasteiger partial charge in [-0.15, -0.1) is 0 Å². The number of nitrogens with one attached hydrogen (secondary N) is 1. The molecule has 0 fully saturated rings. The van der Waals surface area contributed by atoms with Gasteiger partial charge in [0.05, 0.1) is 4.92 Å². The van der Waals surface area contributed by atoms with Crippen LogP contribution in [0.15, 0.2) is 54.6 Å². The second kappa shape index (κ2) is 8.39.